The standard InChI is InChI=1S/C46H26O2/c1-2-13-29-27(11-1)23-24-28-12-9-19-36(41(28)29)42-31-15-3-5-17-33(31)43(34-18-6-4-16-32(34)42)37-20-10-22-40-44(37)38-26-25-35-30-14-7-8-21-39(30)47-45(35)46(38)48-40/h1-26H/i3D,4D,5D,6D,15D,16D,17D,18D. The Morgan fingerprint density at radius 1 is 0.354 bits per heavy atom. The molecule has 0 amide bonds. The van der Waals surface area contributed by atoms with Gasteiger partial charge in [0.2, 0.25) is 0 Å². The molecule has 0 spiro atoms. The van der Waals surface area contributed by atoms with Crippen LogP contribution in [0, 0.1) is 0 Å². The van der Waals surface area contributed by atoms with Crippen molar-refractivity contribution in [3.63, 3.8) is 0 Å². The lowest BCUT2D eigenvalue weighted by Crippen LogP contribution is -1.92. The number of benzene rings is 9. The highest BCUT2D eigenvalue weighted by Crippen LogP contribution is 2.49. The number of rotatable bonds is 2. The maximum Gasteiger partial charge on any atom is 0.178 e. The Morgan fingerprint density at radius 2 is 0.875 bits per heavy atom. The number of fused-ring (bicyclic) bond motifs is 12. The molecule has 0 aliphatic carbocycles. The van der Waals surface area contributed by atoms with Gasteiger partial charge in [-0.05, 0) is 89.6 Å². The average Bonchev–Trinajstić information content (AvgIpc) is 3.81. The van der Waals surface area contributed by atoms with Crippen molar-refractivity contribution in [1.82, 2.24) is 0 Å². The van der Waals surface area contributed by atoms with Crippen molar-refractivity contribution in [2.45, 2.75) is 0 Å². The number of hydrogen-bond donors (Lipinski definition) is 0. The first-order chi connectivity index (χ1) is 27.2. The van der Waals surface area contributed by atoms with E-state index in [0.717, 1.165) is 32.3 Å². The lowest BCUT2D eigenvalue weighted by molar-refractivity contribution is 0.633. The highest BCUT2D eigenvalue weighted by atomic mass is 16.4. The summed E-state index contributed by atoms with van der Waals surface area (Å²) in [6, 6.07) is 31.6. The van der Waals surface area contributed by atoms with Gasteiger partial charge in [-0.3, -0.25) is 0 Å². The molecule has 0 saturated heterocycles. The zero-order valence-corrected chi connectivity index (χ0v) is 25.2. The molecule has 11 aromatic rings. The van der Waals surface area contributed by atoms with Gasteiger partial charge in [-0.1, -0.05) is 133 Å². The molecular weight excluding hydrogens is 585 g/mol. The minimum Gasteiger partial charge on any atom is -0.452 e. The van der Waals surface area contributed by atoms with Crippen LogP contribution in [0.4, 0.5) is 0 Å². The first kappa shape index (κ1) is 19.3. The topological polar surface area (TPSA) is 26.3 Å². The van der Waals surface area contributed by atoms with E-state index in [1.165, 1.54) is 0 Å². The predicted octanol–water partition coefficient (Wildman–Crippen LogP) is 13.4. The van der Waals surface area contributed by atoms with Gasteiger partial charge in [-0.25, -0.2) is 0 Å². The van der Waals surface area contributed by atoms with Crippen molar-refractivity contribution < 1.29 is 19.8 Å². The fourth-order valence-electron chi connectivity index (χ4n) is 7.71. The lowest BCUT2D eigenvalue weighted by atomic mass is 9.83. The minimum atomic E-state index is -0.452. The van der Waals surface area contributed by atoms with Crippen LogP contribution in [0.2, 0.25) is 0 Å². The van der Waals surface area contributed by atoms with E-state index < -0.39 is 24.2 Å². The molecule has 0 saturated carbocycles. The number of furan rings is 2. The van der Waals surface area contributed by atoms with Crippen molar-refractivity contribution >= 4 is 87.0 Å². The van der Waals surface area contributed by atoms with Crippen LogP contribution in [0.15, 0.2) is 166 Å². The van der Waals surface area contributed by atoms with E-state index in [2.05, 4.69) is 0 Å². The van der Waals surface area contributed by atoms with Crippen LogP contribution in [0.25, 0.3) is 109 Å². The second-order valence-electron chi connectivity index (χ2n) is 12.1. The van der Waals surface area contributed by atoms with Crippen molar-refractivity contribution in [3.05, 3.63) is 158 Å². The molecule has 0 radical (unpaired) electrons. The molecule has 222 valence electrons. The summed E-state index contributed by atoms with van der Waals surface area (Å²) >= 11 is 0. The molecule has 0 bridgehead atoms. The van der Waals surface area contributed by atoms with Gasteiger partial charge in [-0.15, -0.1) is 0 Å². The maximum atomic E-state index is 9.55. The molecule has 0 N–H and O–H groups in total. The quantitative estimate of drug-likeness (QED) is 0.142. The molecule has 2 heteroatoms. The van der Waals surface area contributed by atoms with E-state index in [1.54, 1.807) is 6.07 Å². The summed E-state index contributed by atoms with van der Waals surface area (Å²) in [6.07, 6.45) is 0. The van der Waals surface area contributed by atoms with Crippen LogP contribution in [0.3, 0.4) is 0 Å². The highest BCUT2D eigenvalue weighted by molar-refractivity contribution is 6.29. The molecule has 0 aliphatic rings. The number of para-hydroxylation sites is 1. The van der Waals surface area contributed by atoms with Crippen LogP contribution in [-0.2, 0) is 0 Å². The van der Waals surface area contributed by atoms with E-state index in [1.807, 2.05) is 103 Å². The zero-order valence-electron chi connectivity index (χ0n) is 33.2. The Balaban J connectivity index is 1.41. The van der Waals surface area contributed by atoms with Crippen LogP contribution in [-0.4, -0.2) is 0 Å². The van der Waals surface area contributed by atoms with Gasteiger partial charge in [0, 0.05) is 21.5 Å². The summed E-state index contributed by atoms with van der Waals surface area (Å²) in [5.41, 5.74) is 3.91. The fourth-order valence-corrected chi connectivity index (χ4v) is 7.71. The highest BCUT2D eigenvalue weighted by Gasteiger charge is 2.23. The summed E-state index contributed by atoms with van der Waals surface area (Å²) in [6.45, 7) is 0. The molecule has 0 aliphatic heterocycles. The second-order valence-corrected chi connectivity index (χ2v) is 12.1. The molecule has 9 aromatic carbocycles. The van der Waals surface area contributed by atoms with Crippen LogP contribution < -0.4 is 0 Å². The van der Waals surface area contributed by atoms with E-state index >= 15 is 0 Å². The molecule has 11 rings (SSSR count). The molecule has 0 unspecified atom stereocenters. The molecule has 2 aromatic heterocycles. The van der Waals surface area contributed by atoms with Crippen LogP contribution in [0.5, 0.6) is 0 Å². The van der Waals surface area contributed by atoms with Gasteiger partial charge in [0.15, 0.2) is 11.2 Å². The Hall–Kier alpha value is -6.38. The van der Waals surface area contributed by atoms with Crippen LogP contribution >= 0.6 is 0 Å². The molecule has 48 heavy (non-hydrogen) atoms. The van der Waals surface area contributed by atoms with E-state index in [-0.39, 0.29) is 51.3 Å². The van der Waals surface area contributed by atoms with Crippen LogP contribution in [0.1, 0.15) is 11.0 Å². The SMILES string of the molecule is [2H]c1c([2H])c([2H])c2c(-c3cccc4oc5c(ccc6c7ccccc7oc65)c34)c3c([2H])c([2H])c([2H])c([2H])c3c(-c3cccc4ccc5ccccc5c34)c2c1[2H]. The third kappa shape index (κ3) is 3.41. The van der Waals surface area contributed by atoms with Gasteiger partial charge in [0.05, 0.1) is 11.0 Å². The van der Waals surface area contributed by atoms with E-state index in [0.29, 0.717) is 49.8 Å². The van der Waals surface area contributed by atoms with Gasteiger partial charge >= 0.3 is 0 Å². The van der Waals surface area contributed by atoms with Crippen molar-refractivity contribution in [2.24, 2.45) is 0 Å². The largest absolute Gasteiger partial charge is 0.452 e. The van der Waals surface area contributed by atoms with E-state index in [9.17, 15) is 5.48 Å². The third-order valence-electron chi connectivity index (χ3n) is 9.69. The molecule has 0 atom stereocenters. The van der Waals surface area contributed by atoms with Gasteiger partial charge in [0.25, 0.3) is 0 Å². The molecule has 2 heterocycles. The summed E-state index contributed by atoms with van der Waals surface area (Å²) in [4.78, 5) is 0. The Morgan fingerprint density at radius 3 is 1.62 bits per heavy atom. The minimum absolute atomic E-state index is 0.146. The second kappa shape index (κ2) is 9.57. The summed E-state index contributed by atoms with van der Waals surface area (Å²) in [7, 11) is 0. The zero-order chi connectivity index (χ0) is 38.3. The fraction of sp³-hybridized carbons (Fsp3) is 0. The maximum absolute atomic E-state index is 9.55. The lowest BCUT2D eigenvalue weighted by Gasteiger charge is -2.19. The first-order valence-electron chi connectivity index (χ1n) is 19.8. The number of hydrogen-bond acceptors (Lipinski definition) is 2. The monoisotopic (exact) mass is 618 g/mol. The van der Waals surface area contributed by atoms with Gasteiger partial charge < -0.3 is 8.83 Å². The smallest absolute Gasteiger partial charge is 0.178 e. The Labute approximate surface area is 286 Å². The molecular formula is C46H26O2. The van der Waals surface area contributed by atoms with E-state index in [4.69, 9.17) is 14.3 Å². The van der Waals surface area contributed by atoms with Gasteiger partial charge in [0.1, 0.15) is 11.2 Å². The normalized spacial score (nSPS) is 14.5. The summed E-state index contributed by atoms with van der Waals surface area (Å²) in [5.74, 6) is 0. The molecule has 0 fully saturated rings. The summed E-state index contributed by atoms with van der Waals surface area (Å²) < 4.78 is 86.9. The van der Waals surface area contributed by atoms with Crippen molar-refractivity contribution in [2.75, 3.05) is 0 Å². The van der Waals surface area contributed by atoms with Crippen molar-refractivity contribution in [3.8, 4) is 22.3 Å². The first-order valence-corrected chi connectivity index (χ1v) is 15.8. The Kier molecular flexibility index (Phi) is 3.85. The van der Waals surface area contributed by atoms with Crippen molar-refractivity contribution in [1.29, 1.82) is 0 Å². The average molecular weight is 619 g/mol. The Bertz CT molecular complexity index is 3500. The molecule has 2 nitrogen and oxygen atoms in total. The predicted molar refractivity (Wildman–Crippen MR) is 202 cm³/mol. The summed E-state index contributed by atoms with van der Waals surface area (Å²) in [5, 5.41) is 7.27. The van der Waals surface area contributed by atoms with Gasteiger partial charge in [-0.2, -0.15) is 0 Å². The third-order valence-corrected chi connectivity index (χ3v) is 9.69.